The molecule has 0 spiro atoms. The van der Waals surface area contributed by atoms with Gasteiger partial charge in [-0.25, -0.2) is 0 Å². The summed E-state index contributed by atoms with van der Waals surface area (Å²) in [6.07, 6.45) is 0.536. The molecule has 1 unspecified atom stereocenters. The molecule has 158 valence electrons. The molecule has 4 rings (SSSR count). The molecule has 31 heavy (non-hydrogen) atoms. The smallest absolute Gasteiger partial charge is 0.277 e. The third-order valence-corrected chi connectivity index (χ3v) is 4.97. The molecule has 2 aromatic heterocycles. The summed E-state index contributed by atoms with van der Waals surface area (Å²) in [5.41, 5.74) is 9.03. The fourth-order valence-electron chi connectivity index (χ4n) is 3.42. The first-order chi connectivity index (χ1) is 15.0. The highest BCUT2D eigenvalue weighted by Gasteiger charge is 2.20. The molecular weight excluding hydrogens is 394 g/mol. The van der Waals surface area contributed by atoms with E-state index in [1.165, 1.54) is 0 Å². The van der Waals surface area contributed by atoms with Gasteiger partial charge in [-0.05, 0) is 49.7 Å². The molecule has 0 aliphatic rings. The van der Waals surface area contributed by atoms with E-state index in [2.05, 4.69) is 31.0 Å². The predicted octanol–water partition coefficient (Wildman–Crippen LogP) is 2.92. The Kier molecular flexibility index (Phi) is 5.76. The summed E-state index contributed by atoms with van der Waals surface area (Å²) in [6.45, 7) is 2.21. The van der Waals surface area contributed by atoms with Crippen molar-refractivity contribution in [2.45, 2.75) is 19.3 Å². The van der Waals surface area contributed by atoms with Gasteiger partial charge >= 0.3 is 0 Å². The van der Waals surface area contributed by atoms with Crippen LogP contribution in [0.4, 0.5) is 11.5 Å². The van der Waals surface area contributed by atoms with E-state index in [-0.39, 0.29) is 23.4 Å². The first-order valence-electron chi connectivity index (χ1n) is 9.92. The Bertz CT molecular complexity index is 1210. The molecule has 9 nitrogen and oxygen atoms in total. The Morgan fingerprint density at radius 3 is 2.55 bits per heavy atom. The van der Waals surface area contributed by atoms with Gasteiger partial charge < -0.3 is 16.4 Å². The Labute approximate surface area is 178 Å². The van der Waals surface area contributed by atoms with Gasteiger partial charge in [-0.1, -0.05) is 30.3 Å². The number of rotatable bonds is 7. The number of benzene rings is 2. The van der Waals surface area contributed by atoms with Gasteiger partial charge in [0.25, 0.3) is 5.91 Å². The summed E-state index contributed by atoms with van der Waals surface area (Å²) >= 11 is 0. The van der Waals surface area contributed by atoms with Crippen molar-refractivity contribution in [1.82, 2.24) is 20.4 Å². The molecule has 2 aromatic carbocycles. The van der Waals surface area contributed by atoms with Gasteiger partial charge in [0.2, 0.25) is 5.91 Å². The highest BCUT2D eigenvalue weighted by Crippen LogP contribution is 2.26. The molecule has 6 N–H and O–H groups in total. The SMILES string of the molecule is Cc1cc(C(=O)Nc2n[nH]c3ccc(NC(=O)C(CCN)c4ccccc4)cc23)n[nH]1. The molecule has 1 atom stereocenters. The van der Waals surface area contributed by atoms with Crippen LogP contribution in [0.2, 0.25) is 0 Å². The van der Waals surface area contributed by atoms with Crippen molar-refractivity contribution in [3.8, 4) is 0 Å². The molecule has 0 saturated carbocycles. The van der Waals surface area contributed by atoms with E-state index in [4.69, 9.17) is 5.73 Å². The van der Waals surface area contributed by atoms with E-state index in [1.54, 1.807) is 24.3 Å². The van der Waals surface area contributed by atoms with E-state index >= 15 is 0 Å². The fraction of sp³-hybridized carbons (Fsp3) is 0.182. The van der Waals surface area contributed by atoms with Crippen LogP contribution in [0, 0.1) is 6.92 Å². The van der Waals surface area contributed by atoms with E-state index in [9.17, 15) is 9.59 Å². The monoisotopic (exact) mass is 417 g/mol. The van der Waals surface area contributed by atoms with Crippen LogP contribution in [0.5, 0.6) is 0 Å². The van der Waals surface area contributed by atoms with E-state index in [0.29, 0.717) is 29.9 Å². The lowest BCUT2D eigenvalue weighted by Gasteiger charge is -2.16. The number of fused-ring (bicyclic) bond motifs is 1. The van der Waals surface area contributed by atoms with Gasteiger partial charge in [0.1, 0.15) is 0 Å². The third-order valence-electron chi connectivity index (χ3n) is 4.97. The first kappa shape index (κ1) is 20.3. The summed E-state index contributed by atoms with van der Waals surface area (Å²) < 4.78 is 0. The van der Waals surface area contributed by atoms with Gasteiger partial charge in [0.15, 0.2) is 11.5 Å². The van der Waals surface area contributed by atoms with E-state index in [0.717, 1.165) is 16.8 Å². The summed E-state index contributed by atoms with van der Waals surface area (Å²) in [5, 5.41) is 20.1. The lowest BCUT2D eigenvalue weighted by atomic mass is 9.94. The second-order valence-electron chi connectivity index (χ2n) is 7.25. The molecule has 0 fully saturated rings. The number of carbonyl (C=O) groups excluding carboxylic acids is 2. The van der Waals surface area contributed by atoms with Crippen LogP contribution in [0.25, 0.3) is 10.9 Å². The molecule has 2 amide bonds. The van der Waals surface area contributed by atoms with E-state index in [1.807, 2.05) is 37.3 Å². The van der Waals surface area contributed by atoms with Crippen LogP contribution in [-0.4, -0.2) is 38.8 Å². The lowest BCUT2D eigenvalue weighted by molar-refractivity contribution is -0.117. The highest BCUT2D eigenvalue weighted by molar-refractivity contribution is 6.07. The first-order valence-corrected chi connectivity index (χ1v) is 9.92. The van der Waals surface area contributed by atoms with Gasteiger partial charge in [-0.2, -0.15) is 10.2 Å². The van der Waals surface area contributed by atoms with E-state index < -0.39 is 0 Å². The molecule has 0 aliphatic heterocycles. The van der Waals surface area contributed by atoms with Crippen LogP contribution in [0.1, 0.15) is 34.1 Å². The van der Waals surface area contributed by atoms with Crippen molar-refractivity contribution in [1.29, 1.82) is 0 Å². The molecule has 0 radical (unpaired) electrons. The minimum Gasteiger partial charge on any atom is -0.330 e. The average Bonchev–Trinajstić information content (AvgIpc) is 3.39. The standard InChI is InChI=1S/C22H23N7O2/c1-13-11-19(28-26-13)22(31)25-20-17-12-15(7-8-18(17)27-29-20)24-21(30)16(9-10-23)14-5-3-2-4-6-14/h2-8,11-12,16H,9-10,23H2,1H3,(H,24,30)(H,26,28)(H2,25,27,29,31). The maximum atomic E-state index is 13.0. The van der Waals surface area contributed by atoms with Crippen molar-refractivity contribution >= 4 is 34.2 Å². The zero-order valence-electron chi connectivity index (χ0n) is 17.0. The molecule has 0 saturated heterocycles. The number of H-pyrrole nitrogens is 2. The number of hydrogen-bond donors (Lipinski definition) is 5. The van der Waals surface area contributed by atoms with Crippen molar-refractivity contribution in [3.05, 3.63) is 71.5 Å². The maximum Gasteiger partial charge on any atom is 0.277 e. The maximum absolute atomic E-state index is 13.0. The fourth-order valence-corrected chi connectivity index (χ4v) is 3.42. The molecule has 9 heteroatoms. The molecule has 2 heterocycles. The number of aromatic amines is 2. The average molecular weight is 417 g/mol. The van der Waals surface area contributed by atoms with Gasteiger partial charge in [0, 0.05) is 16.8 Å². The minimum absolute atomic E-state index is 0.142. The van der Waals surface area contributed by atoms with Gasteiger partial charge in [0.05, 0.1) is 11.4 Å². The zero-order valence-corrected chi connectivity index (χ0v) is 17.0. The van der Waals surface area contributed by atoms with Crippen molar-refractivity contribution in [2.75, 3.05) is 17.2 Å². The van der Waals surface area contributed by atoms with Crippen molar-refractivity contribution in [2.24, 2.45) is 5.73 Å². The van der Waals surface area contributed by atoms with Crippen LogP contribution in [0.3, 0.4) is 0 Å². The van der Waals surface area contributed by atoms with Crippen LogP contribution >= 0.6 is 0 Å². The normalized spacial score (nSPS) is 11.9. The Hall–Kier alpha value is -3.98. The van der Waals surface area contributed by atoms with Crippen LogP contribution in [-0.2, 0) is 4.79 Å². The molecule has 0 bridgehead atoms. The molecule has 4 aromatic rings. The van der Waals surface area contributed by atoms with Crippen molar-refractivity contribution in [3.63, 3.8) is 0 Å². The zero-order chi connectivity index (χ0) is 21.8. The number of carbonyl (C=O) groups is 2. The van der Waals surface area contributed by atoms with Crippen LogP contribution in [0.15, 0.2) is 54.6 Å². The molecular formula is C22H23N7O2. The lowest BCUT2D eigenvalue weighted by Crippen LogP contribution is -2.23. The number of nitrogens with one attached hydrogen (secondary N) is 4. The molecule has 0 aliphatic carbocycles. The number of nitrogens with two attached hydrogens (primary N) is 1. The number of hydrogen-bond acceptors (Lipinski definition) is 5. The Morgan fingerprint density at radius 2 is 1.84 bits per heavy atom. The number of anilines is 2. The number of aryl methyl sites for hydroxylation is 1. The number of nitrogens with zero attached hydrogens (tertiary/aromatic N) is 2. The highest BCUT2D eigenvalue weighted by atomic mass is 16.2. The summed E-state index contributed by atoms with van der Waals surface area (Å²) in [4.78, 5) is 25.4. The third kappa shape index (κ3) is 4.46. The quantitative estimate of drug-likeness (QED) is 0.314. The number of amides is 2. The van der Waals surface area contributed by atoms with Gasteiger partial charge in [-0.3, -0.25) is 19.8 Å². The predicted molar refractivity (Wildman–Crippen MR) is 119 cm³/mol. The van der Waals surface area contributed by atoms with Gasteiger partial charge in [-0.15, -0.1) is 0 Å². The second kappa shape index (κ2) is 8.80. The number of aromatic nitrogens is 4. The minimum atomic E-state index is -0.376. The second-order valence-corrected chi connectivity index (χ2v) is 7.25. The Morgan fingerprint density at radius 1 is 1.03 bits per heavy atom. The Balaban J connectivity index is 1.55. The summed E-state index contributed by atoms with van der Waals surface area (Å²) in [7, 11) is 0. The van der Waals surface area contributed by atoms with Crippen molar-refractivity contribution < 1.29 is 9.59 Å². The topological polar surface area (TPSA) is 142 Å². The summed E-state index contributed by atoms with van der Waals surface area (Å²) in [5.74, 6) is -0.511. The largest absolute Gasteiger partial charge is 0.330 e. The van der Waals surface area contributed by atoms with Crippen LogP contribution < -0.4 is 16.4 Å². The summed E-state index contributed by atoms with van der Waals surface area (Å²) in [6, 6.07) is 16.6.